The maximum atomic E-state index is 13.0. The lowest BCUT2D eigenvalue weighted by Gasteiger charge is -2.33. The van der Waals surface area contributed by atoms with Crippen LogP contribution in [0.25, 0.3) is 10.9 Å². The summed E-state index contributed by atoms with van der Waals surface area (Å²) >= 11 is 0. The summed E-state index contributed by atoms with van der Waals surface area (Å²) in [7, 11) is 0. The van der Waals surface area contributed by atoms with Crippen LogP contribution in [0.5, 0.6) is 0 Å². The second kappa shape index (κ2) is 7.41. The highest BCUT2D eigenvalue weighted by Crippen LogP contribution is 2.31. The lowest BCUT2D eigenvalue weighted by atomic mass is 9.85. The highest BCUT2D eigenvalue weighted by molar-refractivity contribution is 5.82. The Hall–Kier alpha value is -2.63. The number of hydrogen-bond acceptors (Lipinski definition) is 3. The number of piperidine rings is 1. The van der Waals surface area contributed by atoms with Gasteiger partial charge in [0.2, 0.25) is 5.91 Å². The number of hydrogen-bond donors (Lipinski definition) is 0. The van der Waals surface area contributed by atoms with E-state index in [-0.39, 0.29) is 5.91 Å². The lowest BCUT2D eigenvalue weighted by Crippen LogP contribution is -2.41. The Kier molecular flexibility index (Phi) is 4.63. The zero-order chi connectivity index (χ0) is 18.9. The van der Waals surface area contributed by atoms with Crippen molar-refractivity contribution in [2.45, 2.75) is 51.1 Å². The average Bonchev–Trinajstić information content (AvgIpc) is 3.32. The average molecular weight is 377 g/mol. The van der Waals surface area contributed by atoms with Gasteiger partial charge in [-0.2, -0.15) is 5.10 Å². The Morgan fingerprint density at radius 3 is 2.89 bits per heavy atom. The Balaban J connectivity index is 1.28. The van der Waals surface area contributed by atoms with Gasteiger partial charge in [-0.3, -0.25) is 9.48 Å². The number of carbonyl (C=O) groups is 1. The predicted molar refractivity (Wildman–Crippen MR) is 108 cm³/mol. The first kappa shape index (κ1) is 17.5. The van der Waals surface area contributed by atoms with Crippen LogP contribution >= 0.6 is 0 Å². The molecule has 6 heteroatoms. The molecule has 28 heavy (non-hydrogen) atoms. The number of likely N-dealkylation sites (tertiary alicyclic amines) is 1. The van der Waals surface area contributed by atoms with E-state index < -0.39 is 0 Å². The van der Waals surface area contributed by atoms with Crippen LogP contribution < -0.4 is 0 Å². The molecule has 0 bridgehead atoms. The summed E-state index contributed by atoms with van der Waals surface area (Å²) in [6.07, 6.45) is 12.1. The molecule has 0 spiro atoms. The molecular weight excluding hydrogens is 350 g/mol. The van der Waals surface area contributed by atoms with Gasteiger partial charge in [0.1, 0.15) is 12.4 Å². The maximum absolute atomic E-state index is 13.0. The molecule has 1 atom stereocenters. The summed E-state index contributed by atoms with van der Waals surface area (Å²) in [6, 6.07) is 8.04. The Bertz CT molecular complexity index is 970. The fraction of sp³-hybridized carbons (Fsp3) is 0.500. The Labute approximate surface area is 165 Å². The minimum Gasteiger partial charge on any atom is -0.340 e. The van der Waals surface area contributed by atoms with Crippen molar-refractivity contribution >= 4 is 16.8 Å². The minimum absolute atomic E-state index is 0.149. The molecule has 0 radical (unpaired) electrons. The van der Waals surface area contributed by atoms with Crippen molar-refractivity contribution in [3.8, 4) is 0 Å². The van der Waals surface area contributed by atoms with Crippen LogP contribution in [0.3, 0.4) is 0 Å². The van der Waals surface area contributed by atoms with Crippen molar-refractivity contribution in [3.05, 3.63) is 48.7 Å². The van der Waals surface area contributed by atoms with Gasteiger partial charge in [-0.1, -0.05) is 24.6 Å². The molecule has 5 rings (SSSR count). The lowest BCUT2D eigenvalue weighted by molar-refractivity contribution is -0.133. The van der Waals surface area contributed by atoms with E-state index >= 15 is 0 Å². The molecule has 1 aliphatic carbocycles. The van der Waals surface area contributed by atoms with Crippen molar-refractivity contribution in [3.63, 3.8) is 0 Å². The van der Waals surface area contributed by atoms with Crippen molar-refractivity contribution in [1.29, 1.82) is 0 Å². The third-order valence-corrected chi connectivity index (χ3v) is 6.40. The molecule has 1 saturated heterocycles. The second-order valence-corrected chi connectivity index (χ2v) is 8.27. The first-order chi connectivity index (χ1) is 13.8. The number of benzene rings is 1. The van der Waals surface area contributed by atoms with Crippen LogP contribution in [-0.4, -0.2) is 43.2 Å². The number of amides is 1. The van der Waals surface area contributed by atoms with Gasteiger partial charge in [0.05, 0.1) is 11.7 Å². The predicted octanol–water partition coefficient (Wildman–Crippen LogP) is 3.44. The fourth-order valence-electron chi connectivity index (χ4n) is 4.58. The third kappa shape index (κ3) is 3.32. The van der Waals surface area contributed by atoms with Gasteiger partial charge in [-0.15, -0.1) is 0 Å². The molecule has 1 unspecified atom stereocenters. The third-order valence-electron chi connectivity index (χ3n) is 6.40. The van der Waals surface area contributed by atoms with Gasteiger partial charge < -0.3 is 9.47 Å². The van der Waals surface area contributed by atoms with Gasteiger partial charge in [-0.25, -0.2) is 4.98 Å². The molecule has 1 saturated carbocycles. The van der Waals surface area contributed by atoms with Crippen LogP contribution in [0, 0.1) is 5.92 Å². The SMILES string of the molecule is O=C(Cn1ncc2ccccc21)N1CCCC(c2nccn2CC2CCC2)C1. The second-order valence-electron chi connectivity index (χ2n) is 8.27. The van der Waals surface area contributed by atoms with Gasteiger partial charge in [0.15, 0.2) is 0 Å². The molecule has 146 valence electrons. The van der Waals surface area contributed by atoms with E-state index in [1.165, 1.54) is 19.3 Å². The number of rotatable bonds is 5. The number of nitrogens with zero attached hydrogens (tertiary/aromatic N) is 5. The highest BCUT2D eigenvalue weighted by Gasteiger charge is 2.28. The molecule has 3 aromatic rings. The standard InChI is InChI=1S/C22H27N5O/c28-21(16-27-20-9-2-1-7-18(20)13-24-27)25-11-4-8-19(15-25)22-23-10-12-26(22)14-17-5-3-6-17/h1-2,7,9-10,12-13,17,19H,3-6,8,11,14-16H2. The summed E-state index contributed by atoms with van der Waals surface area (Å²) < 4.78 is 4.16. The van der Waals surface area contributed by atoms with Crippen LogP contribution in [0.15, 0.2) is 42.9 Å². The molecule has 1 aromatic carbocycles. The van der Waals surface area contributed by atoms with Gasteiger partial charge in [0, 0.05) is 43.3 Å². The smallest absolute Gasteiger partial charge is 0.244 e. The normalized spacial score (nSPS) is 20.4. The number of fused-ring (bicyclic) bond motifs is 1. The van der Waals surface area contributed by atoms with E-state index in [1.807, 2.05) is 46.2 Å². The summed E-state index contributed by atoms with van der Waals surface area (Å²) in [5.74, 6) is 2.45. The van der Waals surface area contributed by atoms with Gasteiger partial charge in [0.25, 0.3) is 0 Å². The minimum atomic E-state index is 0.149. The van der Waals surface area contributed by atoms with Gasteiger partial charge in [-0.05, 0) is 37.7 Å². The van der Waals surface area contributed by atoms with Crippen LogP contribution in [0.2, 0.25) is 0 Å². The largest absolute Gasteiger partial charge is 0.340 e. The van der Waals surface area contributed by atoms with Crippen molar-refractivity contribution in [1.82, 2.24) is 24.2 Å². The van der Waals surface area contributed by atoms with Crippen molar-refractivity contribution in [2.75, 3.05) is 13.1 Å². The number of carbonyl (C=O) groups excluding carboxylic acids is 1. The number of aromatic nitrogens is 4. The first-order valence-electron chi connectivity index (χ1n) is 10.5. The van der Waals surface area contributed by atoms with Crippen LogP contribution in [0.1, 0.15) is 43.8 Å². The van der Waals surface area contributed by atoms with E-state index in [2.05, 4.69) is 20.8 Å². The van der Waals surface area contributed by atoms with E-state index in [0.717, 1.165) is 55.1 Å². The molecule has 2 aliphatic rings. The molecule has 6 nitrogen and oxygen atoms in total. The topological polar surface area (TPSA) is 56.0 Å². The summed E-state index contributed by atoms with van der Waals surface area (Å²) in [5, 5.41) is 5.49. The first-order valence-corrected chi connectivity index (χ1v) is 10.5. The summed E-state index contributed by atoms with van der Waals surface area (Å²) in [6.45, 7) is 2.98. The highest BCUT2D eigenvalue weighted by atomic mass is 16.2. The molecular formula is C22H27N5O. The van der Waals surface area contributed by atoms with Crippen LogP contribution in [-0.2, 0) is 17.9 Å². The molecule has 1 amide bonds. The van der Waals surface area contributed by atoms with E-state index in [4.69, 9.17) is 0 Å². The summed E-state index contributed by atoms with van der Waals surface area (Å²) in [5.41, 5.74) is 1.01. The molecule has 0 N–H and O–H groups in total. The molecule has 1 aliphatic heterocycles. The molecule has 2 fully saturated rings. The maximum Gasteiger partial charge on any atom is 0.244 e. The van der Waals surface area contributed by atoms with E-state index in [9.17, 15) is 4.79 Å². The summed E-state index contributed by atoms with van der Waals surface area (Å²) in [4.78, 5) is 19.7. The zero-order valence-corrected chi connectivity index (χ0v) is 16.2. The van der Waals surface area contributed by atoms with Crippen LogP contribution in [0.4, 0.5) is 0 Å². The number of imidazole rings is 1. The molecule has 3 heterocycles. The molecule has 2 aromatic heterocycles. The number of para-hydroxylation sites is 1. The van der Waals surface area contributed by atoms with Crippen molar-refractivity contribution < 1.29 is 4.79 Å². The Morgan fingerprint density at radius 1 is 1.14 bits per heavy atom. The van der Waals surface area contributed by atoms with E-state index in [1.54, 1.807) is 0 Å². The quantitative estimate of drug-likeness (QED) is 0.684. The monoisotopic (exact) mass is 377 g/mol. The van der Waals surface area contributed by atoms with E-state index in [0.29, 0.717) is 12.5 Å². The van der Waals surface area contributed by atoms with Crippen molar-refractivity contribution in [2.24, 2.45) is 5.92 Å². The fourth-order valence-corrected chi connectivity index (χ4v) is 4.58. The Morgan fingerprint density at radius 2 is 2.04 bits per heavy atom. The zero-order valence-electron chi connectivity index (χ0n) is 16.2. The van der Waals surface area contributed by atoms with Gasteiger partial charge >= 0.3 is 0 Å².